The lowest BCUT2D eigenvalue weighted by Gasteiger charge is -2.32. The number of hydrogen-bond donors (Lipinski definition) is 0. The van der Waals surface area contributed by atoms with Crippen molar-refractivity contribution in [2.45, 2.75) is 26.2 Å². The van der Waals surface area contributed by atoms with Crippen molar-refractivity contribution in [1.82, 2.24) is 14.9 Å². The third-order valence-electron chi connectivity index (χ3n) is 6.63. The Balaban J connectivity index is 1.44. The summed E-state index contributed by atoms with van der Waals surface area (Å²) < 4.78 is 0. The van der Waals surface area contributed by atoms with Crippen LogP contribution in [-0.4, -0.2) is 33.9 Å². The van der Waals surface area contributed by atoms with Crippen LogP contribution >= 0.6 is 11.6 Å². The van der Waals surface area contributed by atoms with Crippen LogP contribution in [0.15, 0.2) is 73.1 Å². The van der Waals surface area contributed by atoms with Gasteiger partial charge >= 0.3 is 0 Å². The number of carbonyl (C=O) groups is 1. The molecule has 4 nitrogen and oxygen atoms in total. The number of aromatic nitrogens is 2. The molecule has 0 N–H and O–H groups in total. The second kappa shape index (κ2) is 9.32. The Morgan fingerprint density at radius 2 is 1.85 bits per heavy atom. The van der Waals surface area contributed by atoms with Gasteiger partial charge in [-0.25, -0.2) is 4.98 Å². The minimum atomic E-state index is 0.0624. The zero-order valence-electron chi connectivity index (χ0n) is 18.7. The molecule has 0 radical (unpaired) electrons. The van der Waals surface area contributed by atoms with E-state index in [4.69, 9.17) is 16.6 Å². The first-order valence-electron chi connectivity index (χ1n) is 11.4. The van der Waals surface area contributed by atoms with E-state index in [0.717, 1.165) is 60.1 Å². The van der Waals surface area contributed by atoms with Crippen LogP contribution in [0.3, 0.4) is 0 Å². The van der Waals surface area contributed by atoms with E-state index in [-0.39, 0.29) is 5.91 Å². The predicted molar refractivity (Wildman–Crippen MR) is 133 cm³/mol. The molecule has 5 rings (SSSR count). The van der Waals surface area contributed by atoms with E-state index in [2.05, 4.69) is 35.3 Å². The molecule has 1 aliphatic rings. The first-order valence-corrected chi connectivity index (χ1v) is 11.8. The second-order valence-corrected chi connectivity index (χ2v) is 9.20. The van der Waals surface area contributed by atoms with Crippen molar-refractivity contribution in [3.05, 3.63) is 94.8 Å². The van der Waals surface area contributed by atoms with Gasteiger partial charge in [-0.3, -0.25) is 9.78 Å². The van der Waals surface area contributed by atoms with Crippen molar-refractivity contribution in [3.63, 3.8) is 0 Å². The van der Waals surface area contributed by atoms with Crippen molar-refractivity contribution in [2.24, 2.45) is 5.92 Å². The van der Waals surface area contributed by atoms with Crippen LogP contribution in [0.5, 0.6) is 0 Å². The van der Waals surface area contributed by atoms with E-state index >= 15 is 0 Å². The summed E-state index contributed by atoms with van der Waals surface area (Å²) in [7, 11) is 0. The summed E-state index contributed by atoms with van der Waals surface area (Å²) in [6.45, 7) is 3.50. The summed E-state index contributed by atoms with van der Waals surface area (Å²) in [5.74, 6) is 0.671. The molecule has 2 aromatic carbocycles. The SMILES string of the molecule is Cc1c(Cl)ccc2c(C(=O)N3CCC(Cc4ccccc4)CC3)cc(-c3cccnc3)nc12. The van der Waals surface area contributed by atoms with Gasteiger partial charge in [-0.1, -0.05) is 48.0 Å². The maximum absolute atomic E-state index is 13.7. The molecule has 1 aliphatic heterocycles. The zero-order valence-corrected chi connectivity index (χ0v) is 19.4. The fourth-order valence-electron chi connectivity index (χ4n) is 4.70. The maximum atomic E-state index is 13.7. The maximum Gasteiger partial charge on any atom is 0.254 e. The largest absolute Gasteiger partial charge is 0.339 e. The van der Waals surface area contributed by atoms with Crippen LogP contribution in [0.2, 0.25) is 5.02 Å². The van der Waals surface area contributed by atoms with Crippen molar-refractivity contribution < 1.29 is 4.79 Å². The van der Waals surface area contributed by atoms with Gasteiger partial charge in [-0.15, -0.1) is 0 Å². The van der Waals surface area contributed by atoms with Crippen molar-refractivity contribution in [1.29, 1.82) is 0 Å². The number of likely N-dealkylation sites (tertiary alicyclic amines) is 1. The molecule has 3 heterocycles. The number of piperidine rings is 1. The summed E-state index contributed by atoms with van der Waals surface area (Å²) in [6, 6.07) is 20.1. The fraction of sp³-hybridized carbons (Fsp3) is 0.250. The number of hydrogen-bond acceptors (Lipinski definition) is 3. The average Bonchev–Trinajstić information content (AvgIpc) is 2.87. The van der Waals surface area contributed by atoms with Crippen molar-refractivity contribution >= 4 is 28.4 Å². The number of amides is 1. The van der Waals surface area contributed by atoms with Crippen molar-refractivity contribution in [3.8, 4) is 11.3 Å². The molecule has 4 aromatic rings. The zero-order chi connectivity index (χ0) is 22.8. The Bertz CT molecular complexity index is 1280. The molecule has 0 atom stereocenters. The van der Waals surface area contributed by atoms with Gasteiger partial charge in [0, 0.05) is 41.5 Å². The number of halogens is 1. The molecule has 0 saturated carbocycles. The summed E-state index contributed by atoms with van der Waals surface area (Å²) in [6.07, 6.45) is 6.62. The molecular formula is C28H26ClN3O. The highest BCUT2D eigenvalue weighted by atomic mass is 35.5. The number of aryl methyl sites for hydroxylation is 1. The van der Waals surface area contributed by atoms with Gasteiger partial charge in [0.25, 0.3) is 5.91 Å². The van der Waals surface area contributed by atoms with Crippen LogP contribution in [0.4, 0.5) is 0 Å². The van der Waals surface area contributed by atoms with E-state index < -0.39 is 0 Å². The minimum Gasteiger partial charge on any atom is -0.339 e. The van der Waals surface area contributed by atoms with E-state index in [1.165, 1.54) is 5.56 Å². The topological polar surface area (TPSA) is 46.1 Å². The minimum absolute atomic E-state index is 0.0624. The van der Waals surface area contributed by atoms with E-state index in [1.54, 1.807) is 12.4 Å². The van der Waals surface area contributed by atoms with Crippen LogP contribution in [0.1, 0.15) is 34.3 Å². The number of rotatable bonds is 4. The Labute approximate surface area is 199 Å². The summed E-state index contributed by atoms with van der Waals surface area (Å²) >= 11 is 6.40. The smallest absolute Gasteiger partial charge is 0.254 e. The molecule has 2 aromatic heterocycles. The Morgan fingerprint density at radius 1 is 1.06 bits per heavy atom. The van der Waals surface area contributed by atoms with Crippen molar-refractivity contribution in [2.75, 3.05) is 13.1 Å². The molecule has 166 valence electrons. The van der Waals surface area contributed by atoms with Gasteiger partial charge in [0.05, 0.1) is 16.8 Å². The standard InChI is InChI=1S/C28H26ClN3O/c1-19-25(29)10-9-23-24(17-26(31-27(19)23)22-8-5-13-30-18-22)28(33)32-14-11-21(12-15-32)16-20-6-3-2-4-7-20/h2-10,13,17-18,21H,11-12,14-16H2,1H3. The molecule has 0 bridgehead atoms. The first-order chi connectivity index (χ1) is 16.1. The molecule has 0 aliphatic carbocycles. The molecule has 0 spiro atoms. The summed E-state index contributed by atoms with van der Waals surface area (Å²) in [5.41, 5.74) is 5.33. The van der Waals surface area contributed by atoms with Gasteiger partial charge in [0.15, 0.2) is 0 Å². The van der Waals surface area contributed by atoms with Crippen LogP contribution < -0.4 is 0 Å². The molecule has 1 amide bonds. The molecule has 0 unspecified atom stereocenters. The van der Waals surface area contributed by atoms with Gasteiger partial charge in [0.2, 0.25) is 0 Å². The Morgan fingerprint density at radius 3 is 2.58 bits per heavy atom. The highest BCUT2D eigenvalue weighted by Crippen LogP contribution is 2.31. The first kappa shape index (κ1) is 21.6. The van der Waals surface area contributed by atoms with E-state index in [0.29, 0.717) is 16.5 Å². The Kier molecular flexibility index (Phi) is 6.10. The van der Waals surface area contributed by atoms with Gasteiger partial charge in [0.1, 0.15) is 0 Å². The summed E-state index contributed by atoms with van der Waals surface area (Å²) in [5, 5.41) is 1.50. The predicted octanol–water partition coefficient (Wildman–Crippen LogP) is 6.35. The normalized spacial score (nSPS) is 14.5. The lowest BCUT2D eigenvalue weighted by atomic mass is 9.90. The van der Waals surface area contributed by atoms with Crippen LogP contribution in [0.25, 0.3) is 22.2 Å². The Hall–Kier alpha value is -3.24. The average molecular weight is 456 g/mol. The highest BCUT2D eigenvalue weighted by molar-refractivity contribution is 6.32. The quantitative estimate of drug-likeness (QED) is 0.360. The molecule has 33 heavy (non-hydrogen) atoms. The molecule has 5 heteroatoms. The molecule has 1 saturated heterocycles. The second-order valence-electron chi connectivity index (χ2n) is 8.79. The van der Waals surface area contributed by atoms with E-state index in [9.17, 15) is 4.79 Å². The molecular weight excluding hydrogens is 430 g/mol. The third-order valence-corrected chi connectivity index (χ3v) is 7.03. The van der Waals surface area contributed by atoms with Gasteiger partial charge in [-0.05, 0) is 67.5 Å². The van der Waals surface area contributed by atoms with Crippen LogP contribution in [-0.2, 0) is 6.42 Å². The number of fused-ring (bicyclic) bond motifs is 1. The number of carbonyl (C=O) groups excluding carboxylic acids is 1. The molecule has 1 fully saturated rings. The number of nitrogens with zero attached hydrogens (tertiary/aromatic N) is 3. The fourth-order valence-corrected chi connectivity index (χ4v) is 4.85. The van der Waals surface area contributed by atoms with Gasteiger partial charge in [-0.2, -0.15) is 0 Å². The number of benzene rings is 2. The third kappa shape index (κ3) is 4.49. The lowest BCUT2D eigenvalue weighted by Crippen LogP contribution is -2.39. The lowest BCUT2D eigenvalue weighted by molar-refractivity contribution is 0.0692. The highest BCUT2D eigenvalue weighted by Gasteiger charge is 2.26. The van der Waals surface area contributed by atoms with E-state index in [1.807, 2.05) is 42.2 Å². The summed E-state index contributed by atoms with van der Waals surface area (Å²) in [4.78, 5) is 24.8. The monoisotopic (exact) mass is 455 g/mol. The van der Waals surface area contributed by atoms with Crippen LogP contribution in [0, 0.1) is 12.8 Å². The van der Waals surface area contributed by atoms with Gasteiger partial charge < -0.3 is 4.90 Å². The number of pyridine rings is 2.